The number of hydrogen-bond donors (Lipinski definition) is 0. The Kier molecular flexibility index (Phi) is 6.84. The van der Waals surface area contributed by atoms with Crippen LogP contribution < -0.4 is 0 Å². The molecule has 0 radical (unpaired) electrons. The van der Waals surface area contributed by atoms with Crippen LogP contribution in [0.2, 0.25) is 0 Å². The summed E-state index contributed by atoms with van der Waals surface area (Å²) in [6.07, 6.45) is 2.23. The average Bonchev–Trinajstić information content (AvgIpc) is 2.36. The monoisotopic (exact) mass is 269 g/mol. The van der Waals surface area contributed by atoms with Crippen molar-refractivity contribution in [1.82, 2.24) is 4.90 Å². The minimum Gasteiger partial charge on any atom is -0.381 e. The van der Waals surface area contributed by atoms with E-state index in [1.54, 1.807) is 0 Å². The third-order valence-electron chi connectivity index (χ3n) is 3.99. The average molecular weight is 269 g/mol. The fraction of sp³-hybridized carbons (Fsp3) is 0.938. The number of amides is 1. The van der Waals surface area contributed by atoms with Crippen molar-refractivity contribution in [1.29, 1.82) is 0 Å². The van der Waals surface area contributed by atoms with Gasteiger partial charge in [-0.15, -0.1) is 0 Å². The molecule has 1 saturated heterocycles. The van der Waals surface area contributed by atoms with Gasteiger partial charge in [-0.1, -0.05) is 27.7 Å². The molecule has 3 nitrogen and oxygen atoms in total. The maximum Gasteiger partial charge on any atom is 0.226 e. The Balaban J connectivity index is 2.75. The number of ether oxygens (including phenoxy) is 1. The van der Waals surface area contributed by atoms with Crippen molar-refractivity contribution in [2.24, 2.45) is 23.7 Å². The minimum atomic E-state index is 0.124. The van der Waals surface area contributed by atoms with E-state index in [2.05, 4.69) is 34.6 Å². The molecule has 1 fully saturated rings. The van der Waals surface area contributed by atoms with Crippen LogP contribution >= 0.6 is 0 Å². The Labute approximate surface area is 118 Å². The van der Waals surface area contributed by atoms with Gasteiger partial charge < -0.3 is 9.64 Å². The molecule has 0 aliphatic carbocycles. The van der Waals surface area contributed by atoms with E-state index in [4.69, 9.17) is 4.74 Å². The summed E-state index contributed by atoms with van der Waals surface area (Å²) in [7, 11) is 0. The second-order valence-corrected chi connectivity index (χ2v) is 6.52. The molecular weight excluding hydrogens is 238 g/mol. The summed E-state index contributed by atoms with van der Waals surface area (Å²) < 4.78 is 5.59. The molecule has 0 aromatic rings. The van der Waals surface area contributed by atoms with Crippen molar-refractivity contribution >= 4 is 5.91 Å². The van der Waals surface area contributed by atoms with Gasteiger partial charge in [-0.3, -0.25) is 4.79 Å². The van der Waals surface area contributed by atoms with Crippen LogP contribution in [0, 0.1) is 23.7 Å². The van der Waals surface area contributed by atoms with Crippen molar-refractivity contribution in [3.05, 3.63) is 0 Å². The molecule has 112 valence electrons. The van der Waals surface area contributed by atoms with Gasteiger partial charge in [0.25, 0.3) is 0 Å². The Hall–Kier alpha value is -0.570. The van der Waals surface area contributed by atoms with Gasteiger partial charge in [0.1, 0.15) is 0 Å². The van der Waals surface area contributed by atoms with E-state index in [-0.39, 0.29) is 5.92 Å². The Bertz CT molecular complexity index is 270. The zero-order valence-electron chi connectivity index (χ0n) is 13.3. The van der Waals surface area contributed by atoms with E-state index in [9.17, 15) is 4.79 Å². The SMILES string of the molecule is CCN(CC(C)C)C(=O)C(C(C)C)C1CCCOC1. The highest BCUT2D eigenvalue weighted by atomic mass is 16.5. The molecule has 1 aliphatic heterocycles. The van der Waals surface area contributed by atoms with Crippen molar-refractivity contribution in [2.45, 2.75) is 47.5 Å². The molecule has 0 bridgehead atoms. The molecule has 2 atom stereocenters. The zero-order valence-corrected chi connectivity index (χ0v) is 13.3. The molecule has 0 aromatic heterocycles. The quantitative estimate of drug-likeness (QED) is 0.741. The third kappa shape index (κ3) is 4.79. The second kappa shape index (κ2) is 7.88. The fourth-order valence-electron chi connectivity index (χ4n) is 3.11. The fourth-order valence-corrected chi connectivity index (χ4v) is 3.11. The number of rotatable bonds is 6. The van der Waals surface area contributed by atoms with Gasteiger partial charge >= 0.3 is 0 Å². The highest BCUT2D eigenvalue weighted by Gasteiger charge is 2.34. The van der Waals surface area contributed by atoms with Gasteiger partial charge in [0.05, 0.1) is 6.61 Å². The maximum atomic E-state index is 12.8. The topological polar surface area (TPSA) is 29.5 Å². The largest absolute Gasteiger partial charge is 0.381 e. The summed E-state index contributed by atoms with van der Waals surface area (Å²) in [5.41, 5.74) is 0. The van der Waals surface area contributed by atoms with Gasteiger partial charge in [0, 0.05) is 25.6 Å². The summed E-state index contributed by atoms with van der Waals surface area (Å²) in [4.78, 5) is 14.9. The number of carbonyl (C=O) groups is 1. The first kappa shape index (κ1) is 16.5. The zero-order chi connectivity index (χ0) is 14.4. The first-order valence-electron chi connectivity index (χ1n) is 7.83. The molecule has 1 amide bonds. The summed E-state index contributed by atoms with van der Waals surface area (Å²) in [5.74, 6) is 1.78. The van der Waals surface area contributed by atoms with Crippen LogP contribution in [0.4, 0.5) is 0 Å². The van der Waals surface area contributed by atoms with Gasteiger partial charge in [0.2, 0.25) is 5.91 Å². The van der Waals surface area contributed by atoms with Crippen LogP contribution in [-0.4, -0.2) is 37.1 Å². The van der Waals surface area contributed by atoms with E-state index in [1.165, 1.54) is 0 Å². The molecule has 1 heterocycles. The van der Waals surface area contributed by atoms with E-state index in [0.29, 0.717) is 23.7 Å². The van der Waals surface area contributed by atoms with Gasteiger partial charge in [-0.05, 0) is 37.5 Å². The van der Waals surface area contributed by atoms with Gasteiger partial charge in [-0.2, -0.15) is 0 Å². The van der Waals surface area contributed by atoms with Crippen molar-refractivity contribution in [3.63, 3.8) is 0 Å². The molecule has 0 spiro atoms. The standard InChI is InChI=1S/C16H31NO2/c1-6-17(10-12(2)3)16(18)15(13(4)5)14-8-7-9-19-11-14/h12-15H,6-11H2,1-5H3. The lowest BCUT2D eigenvalue weighted by molar-refractivity contribution is -0.141. The first-order valence-corrected chi connectivity index (χ1v) is 7.83. The molecule has 19 heavy (non-hydrogen) atoms. The van der Waals surface area contributed by atoms with Crippen molar-refractivity contribution in [2.75, 3.05) is 26.3 Å². The number of hydrogen-bond acceptors (Lipinski definition) is 2. The van der Waals surface area contributed by atoms with Crippen LogP contribution in [-0.2, 0) is 9.53 Å². The van der Waals surface area contributed by atoms with Crippen LogP contribution in [0.15, 0.2) is 0 Å². The van der Waals surface area contributed by atoms with E-state index >= 15 is 0 Å². The van der Waals surface area contributed by atoms with Crippen molar-refractivity contribution < 1.29 is 9.53 Å². The molecule has 2 unspecified atom stereocenters. The third-order valence-corrected chi connectivity index (χ3v) is 3.99. The molecule has 0 aromatic carbocycles. The summed E-state index contributed by atoms with van der Waals surface area (Å²) >= 11 is 0. The Morgan fingerprint density at radius 2 is 2.00 bits per heavy atom. The summed E-state index contributed by atoms with van der Waals surface area (Å²) in [5, 5.41) is 0. The van der Waals surface area contributed by atoms with Crippen LogP contribution in [0.3, 0.4) is 0 Å². The Morgan fingerprint density at radius 3 is 2.42 bits per heavy atom. The molecular formula is C16H31NO2. The lowest BCUT2D eigenvalue weighted by Crippen LogP contribution is -2.44. The van der Waals surface area contributed by atoms with Crippen LogP contribution in [0.1, 0.15) is 47.5 Å². The smallest absolute Gasteiger partial charge is 0.226 e. The molecule has 0 saturated carbocycles. The second-order valence-electron chi connectivity index (χ2n) is 6.52. The van der Waals surface area contributed by atoms with E-state index < -0.39 is 0 Å². The van der Waals surface area contributed by atoms with Gasteiger partial charge in [-0.25, -0.2) is 0 Å². The lowest BCUT2D eigenvalue weighted by atomic mass is 9.79. The summed E-state index contributed by atoms with van der Waals surface area (Å²) in [6, 6.07) is 0. The van der Waals surface area contributed by atoms with Gasteiger partial charge in [0.15, 0.2) is 0 Å². The molecule has 1 aliphatic rings. The maximum absolute atomic E-state index is 12.8. The lowest BCUT2D eigenvalue weighted by Gasteiger charge is -2.36. The van der Waals surface area contributed by atoms with Crippen molar-refractivity contribution in [3.8, 4) is 0 Å². The number of nitrogens with zero attached hydrogens (tertiary/aromatic N) is 1. The predicted octanol–water partition coefficient (Wildman–Crippen LogP) is 3.19. The highest BCUT2D eigenvalue weighted by Crippen LogP contribution is 2.30. The minimum absolute atomic E-state index is 0.124. The van der Waals surface area contributed by atoms with Crippen LogP contribution in [0.25, 0.3) is 0 Å². The Morgan fingerprint density at radius 1 is 1.32 bits per heavy atom. The normalized spacial score (nSPS) is 21.7. The van der Waals surface area contributed by atoms with E-state index in [0.717, 1.165) is 39.1 Å². The molecule has 0 N–H and O–H groups in total. The first-order chi connectivity index (χ1) is 8.97. The molecule has 3 heteroatoms. The highest BCUT2D eigenvalue weighted by molar-refractivity contribution is 5.79. The predicted molar refractivity (Wildman–Crippen MR) is 79.0 cm³/mol. The van der Waals surface area contributed by atoms with Crippen LogP contribution in [0.5, 0.6) is 0 Å². The summed E-state index contributed by atoms with van der Waals surface area (Å²) in [6.45, 7) is 14.1. The van der Waals surface area contributed by atoms with E-state index in [1.807, 2.05) is 4.90 Å². The number of carbonyl (C=O) groups excluding carboxylic acids is 1. The molecule has 1 rings (SSSR count).